The van der Waals surface area contributed by atoms with E-state index in [9.17, 15) is 15.0 Å². The molecule has 9 heteroatoms. The molecule has 3 aromatic rings. The number of nitrogens with zero attached hydrogens (tertiary/aromatic N) is 1. The van der Waals surface area contributed by atoms with Gasteiger partial charge < -0.3 is 35.2 Å². The number of rotatable bonds is 8. The van der Waals surface area contributed by atoms with Crippen molar-refractivity contribution in [2.45, 2.75) is 57.4 Å². The number of benzene rings is 3. The number of piperidine rings is 1. The molecule has 2 heterocycles. The molecule has 3 aromatic carbocycles. The fourth-order valence-electron chi connectivity index (χ4n) is 5.84. The van der Waals surface area contributed by atoms with Gasteiger partial charge in [0.1, 0.15) is 0 Å². The maximum Gasteiger partial charge on any atom is 0.319 e. The van der Waals surface area contributed by atoms with Crippen LogP contribution in [0.4, 0.5) is 10.5 Å². The minimum atomic E-state index is -0.875. The Kier molecular flexibility index (Phi) is 9.83. The van der Waals surface area contributed by atoms with E-state index in [1.165, 1.54) is 0 Å². The number of ether oxygens (including phenoxy) is 2. The van der Waals surface area contributed by atoms with Crippen molar-refractivity contribution in [2.75, 3.05) is 31.5 Å². The van der Waals surface area contributed by atoms with E-state index in [1.807, 2.05) is 79.7 Å². The van der Waals surface area contributed by atoms with E-state index >= 15 is 0 Å². The van der Waals surface area contributed by atoms with Gasteiger partial charge in [0, 0.05) is 48.4 Å². The average Bonchev–Trinajstić information content (AvgIpc) is 3.00. The maximum absolute atomic E-state index is 12.1. The van der Waals surface area contributed by atoms with E-state index in [4.69, 9.17) is 21.1 Å². The largest absolute Gasteiger partial charge is 0.392 e. The first-order valence-corrected chi connectivity index (χ1v) is 15.0. The summed E-state index contributed by atoms with van der Waals surface area (Å²) in [5, 5.41) is 27.2. The zero-order valence-electron chi connectivity index (χ0n) is 24.1. The van der Waals surface area contributed by atoms with Crippen molar-refractivity contribution in [1.82, 2.24) is 10.2 Å². The summed E-state index contributed by atoms with van der Waals surface area (Å²) in [5.41, 5.74) is 3.36. The molecular formula is C33H40ClN3O5. The fourth-order valence-corrected chi connectivity index (χ4v) is 5.96. The quantitative estimate of drug-likeness (QED) is 0.265. The highest BCUT2D eigenvalue weighted by atomic mass is 35.5. The second kappa shape index (κ2) is 13.5. The average molecular weight is 594 g/mol. The van der Waals surface area contributed by atoms with E-state index < -0.39 is 11.9 Å². The number of nitrogens with one attached hydrogen (secondary N) is 2. The lowest BCUT2D eigenvalue weighted by molar-refractivity contribution is -0.277. The van der Waals surface area contributed by atoms with Gasteiger partial charge in [0.2, 0.25) is 0 Å². The number of hydrogen-bond donors (Lipinski definition) is 4. The summed E-state index contributed by atoms with van der Waals surface area (Å²) in [6.45, 7) is 6.70. The predicted molar refractivity (Wildman–Crippen MR) is 163 cm³/mol. The van der Waals surface area contributed by atoms with E-state index in [1.54, 1.807) is 0 Å². The predicted octanol–water partition coefficient (Wildman–Crippen LogP) is 5.75. The Hall–Kier alpha value is -2.98. The Bertz CT molecular complexity index is 1330. The molecular weight excluding hydrogens is 554 g/mol. The Labute approximate surface area is 252 Å². The first-order valence-electron chi connectivity index (χ1n) is 14.6. The zero-order valence-corrected chi connectivity index (χ0v) is 24.9. The summed E-state index contributed by atoms with van der Waals surface area (Å²) in [5.74, 6) is 0.0370. The van der Waals surface area contributed by atoms with Gasteiger partial charge in [-0.1, -0.05) is 67.1 Å². The number of likely N-dealkylation sites (tertiary alicyclic amines) is 1. The molecule has 0 spiro atoms. The second-order valence-corrected chi connectivity index (χ2v) is 11.7. The van der Waals surface area contributed by atoms with Crippen LogP contribution < -0.4 is 10.6 Å². The second-order valence-electron chi connectivity index (χ2n) is 11.3. The van der Waals surface area contributed by atoms with Gasteiger partial charge in [0.15, 0.2) is 6.29 Å². The molecule has 0 aromatic heterocycles. The van der Waals surface area contributed by atoms with Crippen LogP contribution in [0.15, 0.2) is 72.8 Å². The summed E-state index contributed by atoms with van der Waals surface area (Å²) in [7, 11) is 0. The van der Waals surface area contributed by atoms with Crippen LogP contribution in [-0.4, -0.2) is 53.4 Å². The third kappa shape index (κ3) is 7.14. The molecule has 2 saturated heterocycles. The molecule has 8 nitrogen and oxygen atoms in total. The summed E-state index contributed by atoms with van der Waals surface area (Å²) < 4.78 is 13.2. The highest BCUT2D eigenvalue weighted by Gasteiger charge is 2.41. The number of hydrogen-bond acceptors (Lipinski definition) is 6. The Morgan fingerprint density at radius 2 is 1.74 bits per heavy atom. The number of urea groups is 1. The Morgan fingerprint density at radius 1 is 1.02 bits per heavy atom. The highest BCUT2D eigenvalue weighted by molar-refractivity contribution is 6.30. The number of carbonyl (C=O) groups is 1. The van der Waals surface area contributed by atoms with Gasteiger partial charge in [-0.05, 0) is 60.7 Å². The van der Waals surface area contributed by atoms with Crippen LogP contribution >= 0.6 is 11.6 Å². The van der Waals surface area contributed by atoms with Crippen LogP contribution in [0.3, 0.4) is 0 Å². The van der Waals surface area contributed by atoms with Crippen LogP contribution in [0.1, 0.15) is 61.3 Å². The Morgan fingerprint density at radius 3 is 2.40 bits per heavy atom. The van der Waals surface area contributed by atoms with Crippen LogP contribution in [-0.2, 0) is 21.7 Å². The minimum Gasteiger partial charge on any atom is -0.392 e. The van der Waals surface area contributed by atoms with Crippen LogP contribution in [0.2, 0.25) is 5.02 Å². The van der Waals surface area contributed by atoms with E-state index in [0.29, 0.717) is 36.6 Å². The van der Waals surface area contributed by atoms with Crippen molar-refractivity contribution in [2.24, 2.45) is 5.92 Å². The van der Waals surface area contributed by atoms with Crippen molar-refractivity contribution in [3.05, 3.63) is 100 Å². The lowest BCUT2D eigenvalue weighted by Gasteiger charge is -2.45. The third-order valence-corrected chi connectivity index (χ3v) is 8.63. The van der Waals surface area contributed by atoms with Gasteiger partial charge in [-0.25, -0.2) is 4.79 Å². The lowest BCUT2D eigenvalue weighted by Crippen LogP contribution is -2.49. The van der Waals surface area contributed by atoms with Gasteiger partial charge in [0.05, 0.1) is 24.4 Å². The first-order chi connectivity index (χ1) is 20.3. The SMILES string of the molecule is CCNC(=O)Nc1cccc(C2OC(CN3CCC(O)(c4ccc(Cl)cc4)CC3)C(C)C(c3ccc(CO)cc3)O2)c1. The molecule has 2 aliphatic heterocycles. The number of aliphatic hydroxyl groups excluding tert-OH is 1. The monoisotopic (exact) mass is 593 g/mol. The van der Waals surface area contributed by atoms with Gasteiger partial charge in [-0.15, -0.1) is 0 Å². The number of amides is 2. The minimum absolute atomic E-state index is 0.0154. The summed E-state index contributed by atoms with van der Waals surface area (Å²) >= 11 is 6.07. The Balaban J connectivity index is 1.34. The molecule has 4 unspecified atom stereocenters. The van der Waals surface area contributed by atoms with Crippen LogP contribution in [0.5, 0.6) is 0 Å². The number of anilines is 1. The van der Waals surface area contributed by atoms with E-state index in [-0.39, 0.29) is 30.8 Å². The van der Waals surface area contributed by atoms with Crippen molar-refractivity contribution in [3.8, 4) is 0 Å². The lowest BCUT2D eigenvalue weighted by atomic mass is 9.84. The van der Waals surface area contributed by atoms with Gasteiger partial charge in [0.25, 0.3) is 0 Å². The molecule has 0 bridgehead atoms. The van der Waals surface area contributed by atoms with Gasteiger partial charge >= 0.3 is 6.03 Å². The third-order valence-electron chi connectivity index (χ3n) is 8.38. The standard InChI is InChI=1S/C33H40ClN3O5/c1-3-35-32(39)36-28-6-4-5-25(19-28)31-41-29(22(2)30(42-31)24-9-7-23(21-38)8-10-24)20-37-17-15-33(40,16-18-37)26-11-13-27(34)14-12-26/h4-14,19,22,29-31,38,40H,3,15-18,20-21H2,1-2H3,(H2,35,36,39). The molecule has 0 radical (unpaired) electrons. The molecule has 0 aliphatic carbocycles. The van der Waals surface area contributed by atoms with Gasteiger partial charge in [-0.2, -0.15) is 0 Å². The van der Waals surface area contributed by atoms with Crippen molar-refractivity contribution >= 4 is 23.3 Å². The molecule has 2 fully saturated rings. The van der Waals surface area contributed by atoms with E-state index in [2.05, 4.69) is 22.5 Å². The summed E-state index contributed by atoms with van der Waals surface area (Å²) in [6.07, 6.45) is 0.218. The molecule has 0 saturated carbocycles. The molecule has 42 heavy (non-hydrogen) atoms. The number of carbonyl (C=O) groups excluding carboxylic acids is 1. The fraction of sp³-hybridized carbons (Fsp3) is 0.424. The zero-order chi connectivity index (χ0) is 29.7. The molecule has 2 aliphatic rings. The number of halogens is 1. The molecule has 224 valence electrons. The molecule has 4 N–H and O–H groups in total. The molecule has 5 rings (SSSR count). The first kappa shape index (κ1) is 30.5. The summed E-state index contributed by atoms with van der Waals surface area (Å²) in [4.78, 5) is 14.5. The van der Waals surface area contributed by atoms with E-state index in [0.717, 1.165) is 35.3 Å². The van der Waals surface area contributed by atoms with Crippen LogP contribution in [0.25, 0.3) is 0 Å². The summed E-state index contributed by atoms with van der Waals surface area (Å²) in [6, 6.07) is 22.6. The maximum atomic E-state index is 12.1. The topological polar surface area (TPSA) is 103 Å². The van der Waals surface area contributed by atoms with Gasteiger partial charge in [-0.3, -0.25) is 0 Å². The normalized spacial score (nSPS) is 24.2. The number of aliphatic hydroxyl groups is 2. The van der Waals surface area contributed by atoms with Crippen LogP contribution in [0, 0.1) is 5.92 Å². The molecule has 2 amide bonds. The van der Waals surface area contributed by atoms with Crippen molar-refractivity contribution in [1.29, 1.82) is 0 Å². The molecule has 4 atom stereocenters. The highest BCUT2D eigenvalue weighted by Crippen LogP contribution is 2.43. The van der Waals surface area contributed by atoms with Crippen molar-refractivity contribution in [3.63, 3.8) is 0 Å². The van der Waals surface area contributed by atoms with Crippen molar-refractivity contribution < 1.29 is 24.5 Å². The smallest absolute Gasteiger partial charge is 0.319 e.